The quantitative estimate of drug-likeness (QED) is 0.467. The molecule has 0 bridgehead atoms. The van der Waals surface area contributed by atoms with E-state index in [0.29, 0.717) is 19.3 Å². The number of amides is 2. The first kappa shape index (κ1) is 25.7. The lowest BCUT2D eigenvalue weighted by molar-refractivity contribution is 0.0693. The molecule has 1 saturated heterocycles. The minimum absolute atomic E-state index is 0. The molecule has 2 amide bonds. The van der Waals surface area contributed by atoms with Crippen LogP contribution in [0, 0.1) is 0 Å². The molecule has 1 fully saturated rings. The first-order valence-electron chi connectivity index (χ1n) is 10.8. The second-order valence-corrected chi connectivity index (χ2v) is 9.41. The zero-order chi connectivity index (χ0) is 23.3. The van der Waals surface area contributed by atoms with Crippen molar-refractivity contribution in [2.24, 2.45) is 5.73 Å². The van der Waals surface area contributed by atoms with E-state index in [4.69, 9.17) is 15.2 Å². The number of ether oxygens (including phenoxy) is 2. The highest BCUT2D eigenvalue weighted by molar-refractivity contribution is 7.09. The summed E-state index contributed by atoms with van der Waals surface area (Å²) in [4.78, 5) is 31.8. The van der Waals surface area contributed by atoms with Gasteiger partial charge >= 0.3 is 12.2 Å². The Morgan fingerprint density at radius 1 is 1.18 bits per heavy atom. The zero-order valence-corrected chi connectivity index (χ0v) is 20.5. The number of nitrogens with two attached hydrogens (primary N) is 1. The smallest absolute Gasteiger partial charge is 0.420 e. The lowest BCUT2D eigenvalue weighted by Crippen LogP contribution is -2.54. The van der Waals surface area contributed by atoms with Gasteiger partial charge in [0.05, 0.1) is 15.9 Å². The van der Waals surface area contributed by atoms with E-state index in [1.165, 1.54) is 11.3 Å². The van der Waals surface area contributed by atoms with Crippen LogP contribution in [0.5, 0.6) is 0 Å². The summed E-state index contributed by atoms with van der Waals surface area (Å²) in [5.74, 6) is 0. The molecule has 1 aliphatic heterocycles. The van der Waals surface area contributed by atoms with Crippen LogP contribution in [0.3, 0.4) is 0 Å². The minimum Gasteiger partial charge on any atom is -0.443 e. The van der Waals surface area contributed by atoms with Gasteiger partial charge < -0.3 is 15.2 Å². The van der Waals surface area contributed by atoms with Crippen LogP contribution in [0.4, 0.5) is 9.59 Å². The highest BCUT2D eigenvalue weighted by Crippen LogP contribution is 2.37. The summed E-state index contributed by atoms with van der Waals surface area (Å²) >= 11 is 1.38. The van der Waals surface area contributed by atoms with E-state index in [9.17, 15) is 9.59 Å². The largest absolute Gasteiger partial charge is 0.443 e. The Kier molecular flexibility index (Phi) is 8.66. The summed E-state index contributed by atoms with van der Waals surface area (Å²) in [6.07, 6.45) is 1.12. The third-order valence-electron chi connectivity index (χ3n) is 5.90. The van der Waals surface area contributed by atoms with Gasteiger partial charge in [0, 0.05) is 18.7 Å². The summed E-state index contributed by atoms with van der Waals surface area (Å²) in [7, 11) is 0. The van der Waals surface area contributed by atoms with E-state index in [1.54, 1.807) is 11.7 Å². The number of nitrogens with zero attached hydrogens (tertiary/aromatic N) is 2. The number of rotatable bonds is 8. The molecular weight excluding hydrogens is 474 g/mol. The molecule has 2 heterocycles. The Morgan fingerprint density at radius 2 is 1.82 bits per heavy atom. The summed E-state index contributed by atoms with van der Waals surface area (Å²) in [6.45, 7) is 1.91. The highest BCUT2D eigenvalue weighted by atomic mass is 35.5. The number of carbonyl (C=O) groups is 2. The summed E-state index contributed by atoms with van der Waals surface area (Å²) in [5.41, 5.74) is 9.27. The van der Waals surface area contributed by atoms with Crippen LogP contribution in [0.25, 0.3) is 0 Å². The Labute approximate surface area is 209 Å². The number of carbonyl (C=O) groups excluding carboxylic acids is 2. The van der Waals surface area contributed by atoms with Gasteiger partial charge in [0.25, 0.3) is 0 Å². The molecular formula is C25H28ClN3O4S. The van der Waals surface area contributed by atoms with Crippen LogP contribution in [-0.4, -0.2) is 39.8 Å². The van der Waals surface area contributed by atoms with Crippen LogP contribution in [-0.2, 0) is 28.9 Å². The van der Waals surface area contributed by atoms with Crippen molar-refractivity contribution in [1.29, 1.82) is 0 Å². The van der Waals surface area contributed by atoms with E-state index < -0.39 is 23.8 Å². The normalized spacial score (nSPS) is 20.4. The standard InChI is InChI=1S/C25H27N3O4S.ClH/c1-25(14-19-10-6-3-7-11-19)22(13-20(26)12-18-8-4-2-5-9-18)32-24(30)28(25)23(29)31-16-21-15-27-17-33-21;/h2-11,15,17,20,22H,12-14,16,26H2,1H3;1H/t20-,22-,25-;/m0./s1. The Balaban J connectivity index is 0.00000324. The zero-order valence-electron chi connectivity index (χ0n) is 18.8. The first-order valence-corrected chi connectivity index (χ1v) is 11.7. The van der Waals surface area contributed by atoms with Crippen LogP contribution >= 0.6 is 23.7 Å². The lowest BCUT2D eigenvalue weighted by Gasteiger charge is -2.35. The fourth-order valence-corrected chi connectivity index (χ4v) is 4.73. The maximum atomic E-state index is 13.0. The summed E-state index contributed by atoms with van der Waals surface area (Å²) in [6, 6.07) is 19.4. The van der Waals surface area contributed by atoms with E-state index in [1.807, 2.05) is 67.6 Å². The van der Waals surface area contributed by atoms with Gasteiger partial charge in [0.1, 0.15) is 12.7 Å². The van der Waals surface area contributed by atoms with Crippen molar-refractivity contribution in [3.63, 3.8) is 0 Å². The van der Waals surface area contributed by atoms with Crippen molar-refractivity contribution in [3.05, 3.63) is 88.4 Å². The van der Waals surface area contributed by atoms with Crippen LogP contribution < -0.4 is 5.73 Å². The van der Waals surface area contributed by atoms with Crippen molar-refractivity contribution in [2.75, 3.05) is 0 Å². The molecule has 180 valence electrons. The molecule has 1 aromatic heterocycles. The monoisotopic (exact) mass is 501 g/mol. The van der Waals surface area contributed by atoms with Gasteiger partial charge in [-0.15, -0.1) is 23.7 Å². The molecule has 34 heavy (non-hydrogen) atoms. The second-order valence-electron chi connectivity index (χ2n) is 8.44. The summed E-state index contributed by atoms with van der Waals surface area (Å²) in [5, 5.41) is 0. The van der Waals surface area contributed by atoms with Gasteiger partial charge in [-0.3, -0.25) is 4.98 Å². The van der Waals surface area contributed by atoms with Gasteiger partial charge in [-0.05, 0) is 30.9 Å². The van der Waals surface area contributed by atoms with Crippen LogP contribution in [0.2, 0.25) is 0 Å². The van der Waals surface area contributed by atoms with Gasteiger partial charge in [-0.1, -0.05) is 60.7 Å². The maximum Gasteiger partial charge on any atom is 0.420 e. The number of cyclic esters (lactones) is 1. The Morgan fingerprint density at radius 3 is 2.44 bits per heavy atom. The Bertz CT molecular complexity index is 1070. The SMILES string of the molecule is C[C@]1(Cc2ccccc2)[C@H](C[C@@H](N)Cc2ccccc2)OC(=O)N1C(=O)OCc1cncs1.Cl. The van der Waals surface area contributed by atoms with Crippen LogP contribution in [0.1, 0.15) is 29.3 Å². The molecule has 9 heteroatoms. The predicted molar refractivity (Wildman–Crippen MR) is 133 cm³/mol. The number of benzene rings is 2. The Hall–Kier alpha value is -2.94. The molecule has 3 aromatic rings. The molecule has 0 radical (unpaired) electrons. The number of hydrogen-bond acceptors (Lipinski definition) is 7. The highest BCUT2D eigenvalue weighted by Gasteiger charge is 2.55. The fourth-order valence-electron chi connectivity index (χ4n) is 4.23. The second kappa shape index (κ2) is 11.5. The van der Waals surface area contributed by atoms with Crippen LogP contribution in [0.15, 0.2) is 72.4 Å². The fraction of sp³-hybridized carbons (Fsp3) is 0.320. The molecule has 0 saturated carbocycles. The van der Waals surface area contributed by atoms with Crippen molar-refractivity contribution < 1.29 is 19.1 Å². The number of aromatic nitrogens is 1. The van der Waals surface area contributed by atoms with Crippen molar-refractivity contribution in [3.8, 4) is 0 Å². The number of halogens is 1. The average Bonchev–Trinajstić information content (AvgIpc) is 3.40. The van der Waals surface area contributed by atoms with E-state index in [0.717, 1.165) is 20.9 Å². The number of thiazole rings is 1. The predicted octanol–water partition coefficient (Wildman–Crippen LogP) is 4.98. The third-order valence-corrected chi connectivity index (χ3v) is 6.65. The van der Waals surface area contributed by atoms with Gasteiger partial charge in [0.15, 0.2) is 0 Å². The lowest BCUT2D eigenvalue weighted by atomic mass is 9.83. The minimum atomic E-state index is -0.947. The van der Waals surface area contributed by atoms with Gasteiger partial charge in [0.2, 0.25) is 0 Å². The van der Waals surface area contributed by atoms with E-state index in [-0.39, 0.29) is 25.1 Å². The molecule has 2 N–H and O–H groups in total. The molecule has 3 atom stereocenters. The van der Waals surface area contributed by atoms with Gasteiger partial charge in [-0.25, -0.2) is 14.5 Å². The van der Waals surface area contributed by atoms with E-state index >= 15 is 0 Å². The average molecular weight is 502 g/mol. The van der Waals surface area contributed by atoms with Gasteiger partial charge in [-0.2, -0.15) is 0 Å². The molecule has 0 unspecified atom stereocenters. The molecule has 1 aliphatic rings. The van der Waals surface area contributed by atoms with Crippen molar-refractivity contribution >= 4 is 35.9 Å². The third kappa shape index (κ3) is 5.94. The molecule has 0 aliphatic carbocycles. The van der Waals surface area contributed by atoms with Crippen molar-refractivity contribution in [1.82, 2.24) is 9.88 Å². The summed E-state index contributed by atoms with van der Waals surface area (Å²) < 4.78 is 11.2. The number of imide groups is 1. The molecule has 4 rings (SSSR count). The van der Waals surface area contributed by atoms with E-state index in [2.05, 4.69) is 4.98 Å². The molecule has 7 nitrogen and oxygen atoms in total. The molecule has 0 spiro atoms. The number of hydrogen-bond donors (Lipinski definition) is 1. The van der Waals surface area contributed by atoms with Crippen molar-refractivity contribution in [2.45, 2.75) is 50.5 Å². The topological polar surface area (TPSA) is 94.8 Å². The maximum absolute atomic E-state index is 13.0. The first-order chi connectivity index (χ1) is 16.0. The molecule has 2 aromatic carbocycles.